The molecule has 6 heteroatoms. The van der Waals surface area contributed by atoms with Crippen LogP contribution >= 0.6 is 0 Å². The Labute approximate surface area is 279 Å². The molecule has 1 atom stereocenters. The average molecular weight is 644 g/mol. The van der Waals surface area contributed by atoms with Crippen LogP contribution in [-0.4, -0.2) is 31.7 Å². The number of hydrogen-bond acceptors (Lipinski definition) is 5. The van der Waals surface area contributed by atoms with Crippen molar-refractivity contribution in [2.45, 2.75) is 135 Å². The van der Waals surface area contributed by atoms with Crippen LogP contribution in [0.3, 0.4) is 0 Å². The molecule has 2 aromatic carbocycles. The van der Waals surface area contributed by atoms with Crippen molar-refractivity contribution in [3.8, 4) is 0 Å². The second-order valence-electron chi connectivity index (χ2n) is 16.4. The van der Waals surface area contributed by atoms with Gasteiger partial charge in [0.15, 0.2) is 0 Å². The Morgan fingerprint density at radius 2 is 1.50 bits per heavy atom. The summed E-state index contributed by atoms with van der Waals surface area (Å²) in [6.45, 7) is 18.0. The van der Waals surface area contributed by atoms with E-state index in [1.807, 2.05) is 20.8 Å². The summed E-state index contributed by atoms with van der Waals surface area (Å²) in [5.41, 5.74) is 1.79. The van der Waals surface area contributed by atoms with Crippen LogP contribution < -0.4 is 10.4 Å². The lowest BCUT2D eigenvalue weighted by molar-refractivity contribution is -0.155. The highest BCUT2D eigenvalue weighted by atomic mass is 28.4. The molecule has 5 nitrogen and oxygen atoms in total. The van der Waals surface area contributed by atoms with E-state index in [1.165, 1.54) is 48.0 Å². The molecular formula is C40H57NO4Si. The van der Waals surface area contributed by atoms with Gasteiger partial charge in [0.2, 0.25) is 0 Å². The Kier molecular flexibility index (Phi) is 10.7. The Bertz CT molecular complexity index is 1370. The van der Waals surface area contributed by atoms with Crippen LogP contribution in [0.4, 0.5) is 0 Å². The molecule has 250 valence electrons. The number of esters is 1. The van der Waals surface area contributed by atoms with E-state index in [0.717, 1.165) is 36.1 Å². The first-order chi connectivity index (χ1) is 21.8. The van der Waals surface area contributed by atoms with Gasteiger partial charge in [-0.1, -0.05) is 100 Å². The third kappa shape index (κ3) is 8.05. The Morgan fingerprint density at radius 1 is 0.913 bits per heavy atom. The summed E-state index contributed by atoms with van der Waals surface area (Å²) in [6.07, 6.45) is 7.95. The standard InChI is InChI=1S/C40H57NO4Si/c1-28(2)24-29-25-32(26-29)38-36(30-21-22-30)37(41-45-38)31(27-35(42)44-39(3,4)5)16-15-23-43-46(40(6,7)8,33-17-11-9-12-18-33)34-19-13-10-14-20-34/h9-14,17-20,28-32H,15-16,21-27H2,1-8H3/t29?,31-,32?/m0/s1. The minimum absolute atomic E-state index is 0.0581. The fourth-order valence-corrected chi connectivity index (χ4v) is 12.3. The van der Waals surface area contributed by atoms with Crippen molar-refractivity contribution >= 4 is 24.7 Å². The zero-order chi connectivity index (χ0) is 33.1. The minimum Gasteiger partial charge on any atom is -0.460 e. The predicted molar refractivity (Wildman–Crippen MR) is 189 cm³/mol. The summed E-state index contributed by atoms with van der Waals surface area (Å²) < 4.78 is 19.3. The van der Waals surface area contributed by atoms with Crippen LogP contribution in [0.1, 0.15) is 142 Å². The molecule has 3 aromatic rings. The molecule has 0 spiro atoms. The third-order valence-electron chi connectivity index (χ3n) is 9.83. The van der Waals surface area contributed by atoms with Gasteiger partial charge in [-0.25, -0.2) is 0 Å². The van der Waals surface area contributed by atoms with Crippen LogP contribution in [0.2, 0.25) is 5.04 Å². The molecule has 0 unspecified atom stereocenters. The van der Waals surface area contributed by atoms with E-state index in [1.54, 1.807) is 0 Å². The zero-order valence-electron chi connectivity index (χ0n) is 29.6. The smallest absolute Gasteiger partial charge is 0.306 e. The lowest BCUT2D eigenvalue weighted by Gasteiger charge is -2.43. The first-order valence-electron chi connectivity index (χ1n) is 17.7. The highest BCUT2D eigenvalue weighted by Crippen LogP contribution is 2.53. The average Bonchev–Trinajstić information content (AvgIpc) is 3.71. The molecule has 1 aromatic heterocycles. The second-order valence-corrected chi connectivity index (χ2v) is 20.7. The summed E-state index contributed by atoms with van der Waals surface area (Å²) in [6, 6.07) is 21.6. The molecule has 1 heterocycles. The Hall–Kier alpha value is -2.70. The monoisotopic (exact) mass is 643 g/mol. The topological polar surface area (TPSA) is 61.6 Å². The lowest BCUT2D eigenvalue weighted by Crippen LogP contribution is -2.66. The van der Waals surface area contributed by atoms with Gasteiger partial charge in [-0.2, -0.15) is 0 Å². The quantitative estimate of drug-likeness (QED) is 0.0996. The SMILES string of the molecule is CC(C)CC1CC(c2onc([C@@H](CCCO[Si](c3ccccc3)(c3ccccc3)C(C)(C)C)CC(=O)OC(C)(C)C)c2C2CC2)C1. The van der Waals surface area contributed by atoms with Gasteiger partial charge in [-0.3, -0.25) is 4.79 Å². The van der Waals surface area contributed by atoms with Gasteiger partial charge in [0.25, 0.3) is 8.32 Å². The summed E-state index contributed by atoms with van der Waals surface area (Å²) >= 11 is 0. The largest absolute Gasteiger partial charge is 0.460 e. The van der Waals surface area contributed by atoms with E-state index in [9.17, 15) is 4.79 Å². The Balaban J connectivity index is 1.38. The van der Waals surface area contributed by atoms with Crippen molar-refractivity contribution in [3.63, 3.8) is 0 Å². The molecule has 0 N–H and O–H groups in total. The van der Waals surface area contributed by atoms with Crippen molar-refractivity contribution in [1.82, 2.24) is 5.16 Å². The lowest BCUT2D eigenvalue weighted by atomic mass is 9.69. The van der Waals surface area contributed by atoms with Crippen LogP contribution in [0.25, 0.3) is 0 Å². The number of ether oxygens (including phenoxy) is 1. The summed E-state index contributed by atoms with van der Waals surface area (Å²) in [5.74, 6) is 3.35. The van der Waals surface area contributed by atoms with Crippen molar-refractivity contribution in [1.29, 1.82) is 0 Å². The van der Waals surface area contributed by atoms with Crippen molar-refractivity contribution in [2.24, 2.45) is 11.8 Å². The number of carbonyl (C=O) groups excluding carboxylic acids is 1. The fourth-order valence-electron chi connectivity index (χ4n) is 7.74. The molecule has 2 fully saturated rings. The highest BCUT2D eigenvalue weighted by Gasteiger charge is 2.50. The summed E-state index contributed by atoms with van der Waals surface area (Å²) in [4.78, 5) is 13.3. The van der Waals surface area contributed by atoms with Crippen molar-refractivity contribution in [2.75, 3.05) is 6.61 Å². The second kappa shape index (κ2) is 14.2. The molecular weight excluding hydrogens is 587 g/mol. The van der Waals surface area contributed by atoms with Crippen LogP contribution in [0.5, 0.6) is 0 Å². The first kappa shape index (κ1) is 34.6. The van der Waals surface area contributed by atoms with Crippen LogP contribution in [0.15, 0.2) is 65.2 Å². The van der Waals surface area contributed by atoms with Crippen molar-refractivity contribution in [3.05, 3.63) is 77.7 Å². The van der Waals surface area contributed by atoms with E-state index in [0.29, 0.717) is 24.9 Å². The first-order valence-corrected chi connectivity index (χ1v) is 19.7. The summed E-state index contributed by atoms with van der Waals surface area (Å²) in [5, 5.41) is 7.25. The summed E-state index contributed by atoms with van der Waals surface area (Å²) in [7, 11) is -2.64. The van der Waals surface area contributed by atoms with E-state index in [-0.39, 0.29) is 16.9 Å². The molecule has 5 rings (SSSR count). The van der Waals surface area contributed by atoms with Gasteiger partial charge in [-0.05, 0) is 98.9 Å². The maximum Gasteiger partial charge on any atom is 0.306 e. The molecule has 0 amide bonds. The molecule has 2 saturated carbocycles. The molecule has 0 aliphatic heterocycles. The number of nitrogens with zero attached hydrogens (tertiary/aromatic N) is 1. The number of carbonyl (C=O) groups is 1. The van der Waals surface area contributed by atoms with Crippen LogP contribution in [-0.2, 0) is 14.0 Å². The highest BCUT2D eigenvalue weighted by molar-refractivity contribution is 6.99. The third-order valence-corrected chi connectivity index (χ3v) is 14.9. The number of rotatable bonds is 14. The van der Waals surface area contributed by atoms with Gasteiger partial charge in [-0.15, -0.1) is 0 Å². The van der Waals surface area contributed by atoms with E-state index >= 15 is 0 Å². The number of aromatic nitrogens is 1. The van der Waals surface area contributed by atoms with Crippen molar-refractivity contribution < 1.29 is 18.5 Å². The fraction of sp³-hybridized carbons (Fsp3) is 0.600. The van der Waals surface area contributed by atoms with Gasteiger partial charge in [0.05, 0.1) is 12.1 Å². The minimum atomic E-state index is -2.64. The maximum absolute atomic E-state index is 13.3. The van der Waals surface area contributed by atoms with Gasteiger partial charge in [0, 0.05) is 24.0 Å². The molecule has 0 saturated heterocycles. The number of hydrogen-bond donors (Lipinski definition) is 0. The number of benzene rings is 2. The van der Waals surface area contributed by atoms with Gasteiger partial charge in [0.1, 0.15) is 11.4 Å². The molecule has 0 radical (unpaired) electrons. The van der Waals surface area contributed by atoms with Crippen LogP contribution in [0, 0.1) is 11.8 Å². The predicted octanol–water partition coefficient (Wildman–Crippen LogP) is 9.26. The molecule has 2 aliphatic carbocycles. The van der Waals surface area contributed by atoms with Gasteiger partial charge >= 0.3 is 5.97 Å². The molecule has 0 bridgehead atoms. The molecule has 2 aliphatic rings. The van der Waals surface area contributed by atoms with E-state index in [2.05, 4.69) is 95.3 Å². The van der Waals surface area contributed by atoms with E-state index in [4.69, 9.17) is 18.8 Å². The Morgan fingerprint density at radius 3 is 2.00 bits per heavy atom. The zero-order valence-corrected chi connectivity index (χ0v) is 30.6. The molecule has 46 heavy (non-hydrogen) atoms. The van der Waals surface area contributed by atoms with E-state index < -0.39 is 13.9 Å². The van der Waals surface area contributed by atoms with Gasteiger partial charge < -0.3 is 13.7 Å². The normalized spacial score (nSPS) is 19.6. The maximum atomic E-state index is 13.3.